The molecule has 152 valence electrons. The van der Waals surface area contributed by atoms with Gasteiger partial charge in [0, 0.05) is 12.1 Å². The van der Waals surface area contributed by atoms with E-state index in [1.807, 2.05) is 81.4 Å². The number of likely N-dealkylation sites (tertiary alicyclic amines) is 1. The lowest BCUT2D eigenvalue weighted by Gasteiger charge is -2.26. The molecule has 0 aliphatic carbocycles. The standard InChI is InChI=1S/C24H28N2O3/c1-16-11-12-17(2)19(15-16)22(27)20-21(18-9-6-5-7-10-18)26(24(29)23(20)28)14-8-13-25(3)4/h5-7,9-12,15,21,27H,8,13-14H2,1-4H3/b22-20+. The Hall–Kier alpha value is -2.92. The van der Waals surface area contributed by atoms with Crippen LogP contribution in [0.2, 0.25) is 0 Å². The summed E-state index contributed by atoms with van der Waals surface area (Å²) < 4.78 is 0. The summed E-state index contributed by atoms with van der Waals surface area (Å²) in [7, 11) is 3.95. The molecule has 5 nitrogen and oxygen atoms in total. The third kappa shape index (κ3) is 4.25. The van der Waals surface area contributed by atoms with Crippen LogP contribution in [0.1, 0.15) is 34.7 Å². The van der Waals surface area contributed by atoms with Crippen LogP contribution in [0.15, 0.2) is 54.1 Å². The summed E-state index contributed by atoms with van der Waals surface area (Å²) in [5, 5.41) is 11.1. The SMILES string of the molecule is Cc1ccc(C)c(/C(O)=C2\C(=O)C(=O)N(CCCN(C)C)C2c2ccccc2)c1. The minimum absolute atomic E-state index is 0.103. The number of aliphatic hydroxyl groups is 1. The summed E-state index contributed by atoms with van der Waals surface area (Å²) in [6, 6.07) is 14.6. The Bertz CT molecular complexity index is 948. The van der Waals surface area contributed by atoms with Crippen LogP contribution in [-0.4, -0.2) is 53.8 Å². The number of aryl methyl sites for hydroxylation is 2. The monoisotopic (exact) mass is 392 g/mol. The molecule has 0 bridgehead atoms. The predicted octanol–water partition coefficient (Wildman–Crippen LogP) is 3.68. The van der Waals surface area contributed by atoms with Crippen LogP contribution >= 0.6 is 0 Å². The predicted molar refractivity (Wildman–Crippen MR) is 115 cm³/mol. The summed E-state index contributed by atoms with van der Waals surface area (Å²) >= 11 is 0. The summed E-state index contributed by atoms with van der Waals surface area (Å²) in [5.41, 5.74) is 3.42. The van der Waals surface area contributed by atoms with Crippen molar-refractivity contribution in [2.75, 3.05) is 27.2 Å². The van der Waals surface area contributed by atoms with E-state index < -0.39 is 17.7 Å². The fraction of sp³-hybridized carbons (Fsp3) is 0.333. The van der Waals surface area contributed by atoms with E-state index in [9.17, 15) is 14.7 Å². The average Bonchev–Trinajstić information content (AvgIpc) is 2.94. The molecule has 0 saturated carbocycles. The van der Waals surface area contributed by atoms with Gasteiger partial charge in [-0.2, -0.15) is 0 Å². The van der Waals surface area contributed by atoms with Crippen LogP contribution in [0.25, 0.3) is 5.76 Å². The van der Waals surface area contributed by atoms with Crippen molar-refractivity contribution < 1.29 is 14.7 Å². The van der Waals surface area contributed by atoms with Gasteiger partial charge in [-0.3, -0.25) is 9.59 Å². The van der Waals surface area contributed by atoms with Crippen LogP contribution in [0, 0.1) is 13.8 Å². The lowest BCUT2D eigenvalue weighted by atomic mass is 9.93. The summed E-state index contributed by atoms with van der Waals surface area (Å²) in [4.78, 5) is 29.5. The number of nitrogens with zero attached hydrogens (tertiary/aromatic N) is 2. The number of rotatable bonds is 6. The minimum atomic E-state index is -0.623. The second-order valence-corrected chi connectivity index (χ2v) is 7.88. The molecule has 1 N–H and O–H groups in total. The summed E-state index contributed by atoms with van der Waals surface area (Å²) in [6.45, 7) is 5.08. The molecule has 1 aliphatic rings. The van der Waals surface area contributed by atoms with Crippen LogP contribution in [-0.2, 0) is 9.59 Å². The second kappa shape index (κ2) is 8.62. The first-order valence-corrected chi connectivity index (χ1v) is 9.87. The summed E-state index contributed by atoms with van der Waals surface area (Å²) in [6.07, 6.45) is 0.743. The third-order valence-electron chi connectivity index (χ3n) is 5.31. The first kappa shape index (κ1) is 20.8. The molecule has 0 radical (unpaired) electrons. The lowest BCUT2D eigenvalue weighted by molar-refractivity contribution is -0.139. The van der Waals surface area contributed by atoms with E-state index in [2.05, 4.69) is 0 Å². The fourth-order valence-electron chi connectivity index (χ4n) is 3.79. The van der Waals surface area contributed by atoms with Gasteiger partial charge in [0.05, 0.1) is 11.6 Å². The maximum atomic E-state index is 13.0. The number of aliphatic hydroxyl groups excluding tert-OH is 1. The molecule has 1 atom stereocenters. The molecule has 1 fully saturated rings. The van der Waals surface area contributed by atoms with Crippen molar-refractivity contribution in [2.24, 2.45) is 0 Å². The van der Waals surface area contributed by atoms with Gasteiger partial charge in [0.2, 0.25) is 0 Å². The van der Waals surface area contributed by atoms with E-state index in [4.69, 9.17) is 0 Å². The van der Waals surface area contributed by atoms with Crippen molar-refractivity contribution in [2.45, 2.75) is 26.3 Å². The van der Waals surface area contributed by atoms with Crippen LogP contribution in [0.4, 0.5) is 0 Å². The normalized spacial score (nSPS) is 18.7. The number of ketones is 1. The molecular formula is C24H28N2O3. The van der Waals surface area contributed by atoms with E-state index in [1.54, 1.807) is 4.90 Å². The number of hydrogen-bond donors (Lipinski definition) is 1. The molecular weight excluding hydrogens is 364 g/mol. The lowest BCUT2D eigenvalue weighted by Crippen LogP contribution is -2.32. The van der Waals surface area contributed by atoms with Crippen molar-refractivity contribution in [3.8, 4) is 0 Å². The van der Waals surface area contributed by atoms with Crippen molar-refractivity contribution in [3.63, 3.8) is 0 Å². The number of benzene rings is 2. The number of Topliss-reactive ketones (excluding diaryl/α,β-unsaturated/α-hetero) is 1. The first-order chi connectivity index (χ1) is 13.8. The molecule has 2 aromatic carbocycles. The Balaban J connectivity index is 2.12. The van der Waals surface area contributed by atoms with Crippen molar-refractivity contribution in [3.05, 3.63) is 76.4 Å². The zero-order valence-corrected chi connectivity index (χ0v) is 17.5. The Labute approximate surface area is 172 Å². The van der Waals surface area contributed by atoms with Crippen molar-refractivity contribution in [1.82, 2.24) is 9.80 Å². The van der Waals surface area contributed by atoms with Crippen LogP contribution in [0.3, 0.4) is 0 Å². The highest BCUT2D eigenvalue weighted by Crippen LogP contribution is 2.39. The van der Waals surface area contributed by atoms with Gasteiger partial charge >= 0.3 is 0 Å². The Morgan fingerprint density at radius 3 is 2.41 bits per heavy atom. The van der Waals surface area contributed by atoms with Gasteiger partial charge in [0.1, 0.15) is 5.76 Å². The van der Waals surface area contributed by atoms with Crippen molar-refractivity contribution >= 4 is 17.4 Å². The third-order valence-corrected chi connectivity index (χ3v) is 5.31. The average molecular weight is 392 g/mol. The molecule has 5 heteroatoms. The van der Waals surface area contributed by atoms with E-state index >= 15 is 0 Å². The fourth-order valence-corrected chi connectivity index (χ4v) is 3.79. The Morgan fingerprint density at radius 1 is 1.07 bits per heavy atom. The zero-order chi connectivity index (χ0) is 21.1. The van der Waals surface area contributed by atoms with Crippen LogP contribution in [0.5, 0.6) is 0 Å². The Morgan fingerprint density at radius 2 is 1.76 bits per heavy atom. The van der Waals surface area contributed by atoms with E-state index in [0.717, 1.165) is 29.7 Å². The molecule has 0 aromatic heterocycles. The van der Waals surface area contributed by atoms with E-state index in [1.165, 1.54) is 0 Å². The number of amides is 1. The molecule has 1 unspecified atom stereocenters. The minimum Gasteiger partial charge on any atom is -0.507 e. The van der Waals surface area contributed by atoms with E-state index in [-0.39, 0.29) is 11.3 Å². The van der Waals surface area contributed by atoms with Crippen LogP contribution < -0.4 is 0 Å². The van der Waals surface area contributed by atoms with E-state index in [0.29, 0.717) is 12.1 Å². The van der Waals surface area contributed by atoms with Crippen molar-refractivity contribution in [1.29, 1.82) is 0 Å². The maximum absolute atomic E-state index is 13.0. The topological polar surface area (TPSA) is 60.9 Å². The molecule has 1 aliphatic heterocycles. The molecule has 1 saturated heterocycles. The zero-order valence-electron chi connectivity index (χ0n) is 17.5. The maximum Gasteiger partial charge on any atom is 0.295 e. The van der Waals surface area contributed by atoms with Gasteiger partial charge in [-0.25, -0.2) is 0 Å². The smallest absolute Gasteiger partial charge is 0.295 e. The summed E-state index contributed by atoms with van der Waals surface area (Å²) in [5.74, 6) is -1.28. The Kier molecular flexibility index (Phi) is 6.18. The number of carbonyl (C=O) groups excluding carboxylic acids is 2. The van der Waals surface area contributed by atoms with Gasteiger partial charge < -0.3 is 14.9 Å². The molecule has 2 aromatic rings. The van der Waals surface area contributed by atoms with Gasteiger partial charge in [-0.05, 0) is 58.1 Å². The molecule has 3 rings (SSSR count). The largest absolute Gasteiger partial charge is 0.507 e. The molecule has 1 heterocycles. The number of hydrogen-bond acceptors (Lipinski definition) is 4. The number of carbonyl (C=O) groups is 2. The first-order valence-electron chi connectivity index (χ1n) is 9.87. The molecule has 29 heavy (non-hydrogen) atoms. The van der Waals surface area contributed by atoms with Gasteiger partial charge in [-0.1, -0.05) is 48.0 Å². The van der Waals surface area contributed by atoms with Gasteiger partial charge in [0.25, 0.3) is 11.7 Å². The highest BCUT2D eigenvalue weighted by molar-refractivity contribution is 6.46. The second-order valence-electron chi connectivity index (χ2n) is 7.88. The highest BCUT2D eigenvalue weighted by atomic mass is 16.3. The molecule has 0 spiro atoms. The molecule has 1 amide bonds. The quantitative estimate of drug-likeness (QED) is 0.463. The van der Waals surface area contributed by atoms with Gasteiger partial charge in [-0.15, -0.1) is 0 Å². The van der Waals surface area contributed by atoms with Gasteiger partial charge in [0.15, 0.2) is 0 Å². The highest BCUT2D eigenvalue weighted by Gasteiger charge is 2.45.